The Hall–Kier alpha value is -1.12. The average Bonchev–Trinajstić information content (AvgIpc) is 2.45. The first-order valence-electron chi connectivity index (χ1n) is 7.61. The topological polar surface area (TPSA) is 59.4 Å². The van der Waals surface area contributed by atoms with E-state index in [0.29, 0.717) is 5.92 Å². The van der Waals surface area contributed by atoms with Gasteiger partial charge in [-0.25, -0.2) is 0 Å². The fourth-order valence-corrected chi connectivity index (χ4v) is 2.39. The molecule has 2 unspecified atom stereocenters. The van der Waals surface area contributed by atoms with Crippen LogP contribution in [0.2, 0.25) is 0 Å². The number of piperazine rings is 1. The molecule has 0 aromatic heterocycles. The lowest BCUT2D eigenvalue weighted by atomic mass is 10.1. The van der Waals surface area contributed by atoms with Crippen molar-refractivity contribution in [1.82, 2.24) is 15.1 Å². The molecule has 1 aliphatic heterocycles. The molecule has 0 aliphatic carbocycles. The van der Waals surface area contributed by atoms with Crippen molar-refractivity contribution in [3.8, 4) is 6.07 Å². The van der Waals surface area contributed by atoms with Gasteiger partial charge in [0.2, 0.25) is 5.91 Å². The van der Waals surface area contributed by atoms with Gasteiger partial charge in [-0.1, -0.05) is 13.8 Å². The van der Waals surface area contributed by atoms with Crippen LogP contribution >= 0.6 is 0 Å². The van der Waals surface area contributed by atoms with Gasteiger partial charge in [-0.2, -0.15) is 5.26 Å². The SMILES string of the molecule is CC(C)CCNC(=O)C(C)N1CCN(C(C)C#N)CC1. The third kappa shape index (κ3) is 5.10. The largest absolute Gasteiger partial charge is 0.355 e. The molecular weight excluding hydrogens is 252 g/mol. The summed E-state index contributed by atoms with van der Waals surface area (Å²) in [4.78, 5) is 16.4. The zero-order valence-electron chi connectivity index (χ0n) is 13.2. The first-order chi connectivity index (χ1) is 9.45. The molecule has 1 amide bonds. The smallest absolute Gasteiger partial charge is 0.237 e. The molecule has 1 fully saturated rings. The van der Waals surface area contributed by atoms with E-state index >= 15 is 0 Å². The molecule has 0 radical (unpaired) electrons. The monoisotopic (exact) mass is 280 g/mol. The van der Waals surface area contributed by atoms with Crippen LogP contribution < -0.4 is 5.32 Å². The molecule has 0 spiro atoms. The van der Waals surface area contributed by atoms with E-state index in [2.05, 4.69) is 35.0 Å². The normalized spacial score (nSPS) is 20.4. The zero-order chi connectivity index (χ0) is 15.1. The molecule has 1 rings (SSSR count). The van der Waals surface area contributed by atoms with Gasteiger partial charge >= 0.3 is 0 Å². The van der Waals surface area contributed by atoms with E-state index in [1.54, 1.807) is 0 Å². The Kier molecular flexibility index (Phi) is 6.97. The summed E-state index contributed by atoms with van der Waals surface area (Å²) in [7, 11) is 0. The van der Waals surface area contributed by atoms with Gasteiger partial charge in [-0.05, 0) is 26.2 Å². The van der Waals surface area contributed by atoms with Crippen molar-refractivity contribution in [1.29, 1.82) is 5.26 Å². The number of nitrogens with one attached hydrogen (secondary N) is 1. The highest BCUT2D eigenvalue weighted by Crippen LogP contribution is 2.09. The van der Waals surface area contributed by atoms with Crippen LogP contribution in [0.5, 0.6) is 0 Å². The number of hydrogen-bond donors (Lipinski definition) is 1. The Morgan fingerprint density at radius 3 is 2.20 bits per heavy atom. The van der Waals surface area contributed by atoms with Gasteiger partial charge in [0, 0.05) is 32.7 Å². The quantitative estimate of drug-likeness (QED) is 0.790. The lowest BCUT2D eigenvalue weighted by molar-refractivity contribution is -0.126. The summed E-state index contributed by atoms with van der Waals surface area (Å²) < 4.78 is 0. The molecule has 1 aliphatic rings. The molecule has 0 aromatic carbocycles. The summed E-state index contributed by atoms with van der Waals surface area (Å²) in [6.07, 6.45) is 1.02. The first kappa shape index (κ1) is 16.9. The Bertz CT molecular complexity index is 342. The van der Waals surface area contributed by atoms with Crippen LogP contribution in [0, 0.1) is 17.2 Å². The minimum absolute atomic E-state index is 0.0349. The van der Waals surface area contributed by atoms with E-state index in [9.17, 15) is 4.79 Å². The molecule has 0 aromatic rings. The van der Waals surface area contributed by atoms with Gasteiger partial charge in [-0.3, -0.25) is 14.6 Å². The minimum atomic E-state index is -0.0818. The van der Waals surface area contributed by atoms with Crippen molar-refractivity contribution in [2.75, 3.05) is 32.7 Å². The Morgan fingerprint density at radius 2 is 1.70 bits per heavy atom. The van der Waals surface area contributed by atoms with Gasteiger partial charge < -0.3 is 5.32 Å². The number of rotatable bonds is 6. The van der Waals surface area contributed by atoms with Crippen LogP contribution in [-0.4, -0.2) is 60.5 Å². The lowest BCUT2D eigenvalue weighted by Gasteiger charge is -2.38. The van der Waals surface area contributed by atoms with E-state index in [1.165, 1.54) is 0 Å². The van der Waals surface area contributed by atoms with Crippen molar-refractivity contribution >= 4 is 5.91 Å². The van der Waals surface area contributed by atoms with Gasteiger partial charge in [0.15, 0.2) is 0 Å². The Morgan fingerprint density at radius 1 is 1.15 bits per heavy atom. The van der Waals surface area contributed by atoms with E-state index < -0.39 is 0 Å². The van der Waals surface area contributed by atoms with E-state index in [-0.39, 0.29) is 18.0 Å². The van der Waals surface area contributed by atoms with E-state index in [4.69, 9.17) is 5.26 Å². The third-order valence-electron chi connectivity index (χ3n) is 4.03. The van der Waals surface area contributed by atoms with E-state index in [1.807, 2.05) is 13.8 Å². The standard InChI is InChI=1S/C15H28N4O/c1-12(2)5-6-17-15(20)14(4)19-9-7-18(8-10-19)13(3)11-16/h12-14H,5-10H2,1-4H3,(H,17,20). The summed E-state index contributed by atoms with van der Waals surface area (Å²) in [6.45, 7) is 12.4. The average molecular weight is 280 g/mol. The van der Waals surface area contributed by atoms with Crippen LogP contribution in [0.3, 0.4) is 0 Å². The molecule has 20 heavy (non-hydrogen) atoms. The van der Waals surface area contributed by atoms with Crippen molar-refractivity contribution in [3.63, 3.8) is 0 Å². The molecular formula is C15H28N4O. The Balaban J connectivity index is 2.33. The van der Waals surface area contributed by atoms with Crippen LogP contribution in [0.1, 0.15) is 34.1 Å². The summed E-state index contributed by atoms with van der Waals surface area (Å²) in [5.74, 6) is 0.731. The third-order valence-corrected chi connectivity index (χ3v) is 4.03. The summed E-state index contributed by atoms with van der Waals surface area (Å²) >= 11 is 0. The molecule has 0 bridgehead atoms. The van der Waals surface area contributed by atoms with Crippen LogP contribution in [-0.2, 0) is 4.79 Å². The fraction of sp³-hybridized carbons (Fsp3) is 0.867. The highest BCUT2D eigenvalue weighted by molar-refractivity contribution is 5.81. The zero-order valence-corrected chi connectivity index (χ0v) is 13.2. The van der Waals surface area contributed by atoms with Crippen molar-refractivity contribution in [2.24, 2.45) is 5.92 Å². The van der Waals surface area contributed by atoms with Gasteiger partial charge in [0.05, 0.1) is 18.2 Å². The molecule has 1 saturated heterocycles. The summed E-state index contributed by atoms with van der Waals surface area (Å²) in [5.41, 5.74) is 0. The molecule has 114 valence electrons. The van der Waals surface area contributed by atoms with Gasteiger partial charge in [-0.15, -0.1) is 0 Å². The lowest BCUT2D eigenvalue weighted by Crippen LogP contribution is -2.55. The first-order valence-corrected chi connectivity index (χ1v) is 7.61. The second-order valence-electron chi connectivity index (χ2n) is 6.03. The maximum atomic E-state index is 12.1. The van der Waals surface area contributed by atoms with Crippen LogP contribution in [0.4, 0.5) is 0 Å². The maximum Gasteiger partial charge on any atom is 0.237 e. The molecule has 1 N–H and O–H groups in total. The molecule has 5 nitrogen and oxygen atoms in total. The number of carbonyl (C=O) groups is 1. The predicted octanol–water partition coefficient (Wildman–Crippen LogP) is 1.07. The molecule has 1 heterocycles. The molecule has 2 atom stereocenters. The van der Waals surface area contributed by atoms with Gasteiger partial charge in [0.1, 0.15) is 0 Å². The number of hydrogen-bond acceptors (Lipinski definition) is 4. The Labute approximate surface area is 122 Å². The second-order valence-corrected chi connectivity index (χ2v) is 6.03. The van der Waals surface area contributed by atoms with Crippen molar-refractivity contribution < 1.29 is 4.79 Å². The summed E-state index contributed by atoms with van der Waals surface area (Å²) in [6, 6.07) is 2.15. The highest BCUT2D eigenvalue weighted by atomic mass is 16.2. The predicted molar refractivity (Wildman–Crippen MR) is 80.1 cm³/mol. The highest BCUT2D eigenvalue weighted by Gasteiger charge is 2.26. The van der Waals surface area contributed by atoms with Crippen LogP contribution in [0.15, 0.2) is 0 Å². The molecule has 5 heteroatoms. The van der Waals surface area contributed by atoms with E-state index in [0.717, 1.165) is 39.1 Å². The second kappa shape index (κ2) is 8.23. The number of amides is 1. The van der Waals surface area contributed by atoms with Crippen LogP contribution in [0.25, 0.3) is 0 Å². The van der Waals surface area contributed by atoms with Crippen molar-refractivity contribution in [2.45, 2.75) is 46.2 Å². The number of nitriles is 1. The molecule has 0 saturated carbocycles. The minimum Gasteiger partial charge on any atom is -0.355 e. The fourth-order valence-electron chi connectivity index (χ4n) is 2.39. The number of nitrogens with zero attached hydrogens (tertiary/aromatic N) is 3. The van der Waals surface area contributed by atoms with Crippen molar-refractivity contribution in [3.05, 3.63) is 0 Å². The maximum absolute atomic E-state index is 12.1. The number of carbonyl (C=O) groups excluding carboxylic acids is 1. The van der Waals surface area contributed by atoms with Gasteiger partial charge in [0.25, 0.3) is 0 Å². The summed E-state index contributed by atoms with van der Waals surface area (Å²) in [5, 5.41) is 11.9.